The quantitative estimate of drug-likeness (QED) is 0.368. The zero-order valence-electron chi connectivity index (χ0n) is 17.5. The predicted molar refractivity (Wildman–Crippen MR) is 125 cm³/mol. The van der Waals surface area contributed by atoms with E-state index in [1.54, 1.807) is 0 Å². The standard InChI is InChI=1S/C23H26BFIN2/c1-7-19-13(3)22-21(17-9-11-18(26)12-10-17)23-14(4)20(8-2)16(6)28(23)24(25)27(22)15(19)5/h9-12H,7-8H2,1-6H3/q+1. The maximum atomic E-state index is 16.0. The summed E-state index contributed by atoms with van der Waals surface area (Å²) in [6.45, 7) is 12.7. The molecule has 5 heteroatoms. The summed E-state index contributed by atoms with van der Waals surface area (Å²) in [5.41, 5.74) is 11.4. The molecule has 0 atom stereocenters. The van der Waals surface area contributed by atoms with Crippen LogP contribution in [0.25, 0.3) is 5.57 Å². The van der Waals surface area contributed by atoms with Crippen LogP contribution >= 0.6 is 22.6 Å². The Kier molecular flexibility index (Phi) is 4.93. The van der Waals surface area contributed by atoms with Crippen LogP contribution in [0.5, 0.6) is 0 Å². The molecule has 2 nitrogen and oxygen atoms in total. The van der Waals surface area contributed by atoms with Gasteiger partial charge in [-0.1, -0.05) is 26.0 Å². The van der Waals surface area contributed by atoms with Gasteiger partial charge in [0.25, 0.3) is 0 Å². The van der Waals surface area contributed by atoms with Crippen LogP contribution in [0.2, 0.25) is 0 Å². The minimum Gasteiger partial charge on any atom is -0.289 e. The zero-order chi connectivity index (χ0) is 20.3. The Morgan fingerprint density at radius 1 is 1.04 bits per heavy atom. The van der Waals surface area contributed by atoms with Gasteiger partial charge >= 0.3 is 7.26 Å². The van der Waals surface area contributed by atoms with Gasteiger partial charge in [-0.05, 0) is 85.0 Å². The van der Waals surface area contributed by atoms with E-state index in [1.165, 1.54) is 25.8 Å². The van der Waals surface area contributed by atoms with Crippen molar-refractivity contribution < 1.29 is 8.80 Å². The van der Waals surface area contributed by atoms with Gasteiger partial charge in [0.05, 0.1) is 11.3 Å². The molecule has 144 valence electrons. The minimum absolute atomic E-state index is 0.914. The second-order valence-corrected chi connectivity index (χ2v) is 8.96. The number of nitrogens with zero attached hydrogens (tertiary/aromatic N) is 2. The Labute approximate surface area is 181 Å². The average molecular weight is 487 g/mol. The molecule has 0 saturated heterocycles. The SMILES string of the molecule is CCC1=C(C)C2=C(c3ccc(I)cc3)c3c(C)c(CC)c(C)n3B(F)[N+]2=C1C. The molecule has 0 spiro atoms. The van der Waals surface area contributed by atoms with Crippen LogP contribution in [0.3, 0.4) is 0 Å². The van der Waals surface area contributed by atoms with Crippen LogP contribution < -0.4 is 0 Å². The van der Waals surface area contributed by atoms with Crippen molar-refractivity contribution in [2.45, 2.75) is 54.4 Å². The van der Waals surface area contributed by atoms with Gasteiger partial charge in [0.2, 0.25) is 0 Å². The van der Waals surface area contributed by atoms with Crippen LogP contribution in [0.4, 0.5) is 4.32 Å². The lowest BCUT2D eigenvalue weighted by molar-refractivity contribution is -0.337. The van der Waals surface area contributed by atoms with E-state index in [0.717, 1.165) is 46.8 Å². The summed E-state index contributed by atoms with van der Waals surface area (Å²) < 4.78 is 21.1. The number of hydrogen-bond donors (Lipinski definition) is 0. The lowest BCUT2D eigenvalue weighted by Gasteiger charge is -2.22. The van der Waals surface area contributed by atoms with Gasteiger partial charge in [-0.25, -0.2) is 8.80 Å². The fraction of sp³-hybridized carbons (Fsp3) is 0.348. The van der Waals surface area contributed by atoms with E-state index in [4.69, 9.17) is 0 Å². The van der Waals surface area contributed by atoms with Crippen molar-refractivity contribution in [3.63, 3.8) is 0 Å². The van der Waals surface area contributed by atoms with E-state index in [2.05, 4.69) is 88.4 Å². The second kappa shape index (κ2) is 7.01. The van der Waals surface area contributed by atoms with Crippen LogP contribution in [-0.4, -0.2) is 21.9 Å². The average Bonchev–Trinajstić information content (AvgIpc) is 3.07. The summed E-state index contributed by atoms with van der Waals surface area (Å²) in [4.78, 5) is 0. The third kappa shape index (κ3) is 2.54. The highest BCUT2D eigenvalue weighted by Crippen LogP contribution is 2.44. The molecular formula is C23H26BFIN2+. The third-order valence-electron chi connectivity index (χ3n) is 6.43. The van der Waals surface area contributed by atoms with E-state index < -0.39 is 7.26 Å². The molecule has 2 aliphatic heterocycles. The Bertz CT molecular complexity index is 1090. The summed E-state index contributed by atoms with van der Waals surface area (Å²) >= 11 is 2.34. The van der Waals surface area contributed by atoms with Gasteiger partial charge in [-0.3, -0.25) is 4.48 Å². The first kappa shape index (κ1) is 19.7. The van der Waals surface area contributed by atoms with E-state index >= 15 is 4.32 Å². The number of hydrogen-bond acceptors (Lipinski definition) is 0. The summed E-state index contributed by atoms with van der Waals surface area (Å²) in [5.74, 6) is 0. The molecular weight excluding hydrogens is 461 g/mol. The van der Waals surface area contributed by atoms with Gasteiger partial charge in [0.1, 0.15) is 0 Å². The molecule has 0 radical (unpaired) electrons. The van der Waals surface area contributed by atoms with Gasteiger partial charge in [-0.15, -0.1) is 0 Å². The number of benzene rings is 1. The fourth-order valence-electron chi connectivity index (χ4n) is 5.12. The smallest absolute Gasteiger partial charge is 0.289 e. The van der Waals surface area contributed by atoms with Crippen molar-refractivity contribution in [3.05, 3.63) is 72.8 Å². The molecule has 2 aromatic rings. The summed E-state index contributed by atoms with van der Waals surface area (Å²) in [5, 5.41) is 0. The van der Waals surface area contributed by atoms with Gasteiger partial charge in [-0.2, -0.15) is 0 Å². The molecule has 0 amide bonds. The maximum absolute atomic E-state index is 16.0. The number of rotatable bonds is 3. The highest BCUT2D eigenvalue weighted by atomic mass is 127. The normalized spacial score (nSPS) is 16.4. The molecule has 0 bridgehead atoms. The lowest BCUT2D eigenvalue weighted by atomic mass is 9.87. The molecule has 0 unspecified atom stereocenters. The molecule has 1 aromatic heterocycles. The molecule has 0 saturated carbocycles. The first-order chi connectivity index (χ1) is 13.3. The Morgan fingerprint density at radius 3 is 2.25 bits per heavy atom. The lowest BCUT2D eigenvalue weighted by Crippen LogP contribution is -2.41. The van der Waals surface area contributed by atoms with Crippen molar-refractivity contribution in [2.75, 3.05) is 0 Å². The summed E-state index contributed by atoms with van der Waals surface area (Å²) in [6, 6.07) is 8.62. The summed E-state index contributed by atoms with van der Waals surface area (Å²) in [7, 11) is -1.20. The van der Waals surface area contributed by atoms with Crippen molar-refractivity contribution in [1.29, 1.82) is 0 Å². The van der Waals surface area contributed by atoms with E-state index in [-0.39, 0.29) is 0 Å². The first-order valence-corrected chi connectivity index (χ1v) is 11.1. The largest absolute Gasteiger partial charge is 0.846 e. The molecule has 4 rings (SSSR count). The highest BCUT2D eigenvalue weighted by molar-refractivity contribution is 14.1. The summed E-state index contributed by atoms with van der Waals surface area (Å²) in [6.07, 6.45) is 1.83. The first-order valence-electron chi connectivity index (χ1n) is 10.0. The monoisotopic (exact) mass is 487 g/mol. The number of allylic oxidation sites excluding steroid dienone is 2. The fourth-order valence-corrected chi connectivity index (χ4v) is 5.48. The van der Waals surface area contributed by atoms with Gasteiger partial charge in [0, 0.05) is 27.3 Å². The highest BCUT2D eigenvalue weighted by Gasteiger charge is 2.53. The van der Waals surface area contributed by atoms with Crippen LogP contribution in [0, 0.1) is 17.4 Å². The van der Waals surface area contributed by atoms with Gasteiger partial charge in [0.15, 0.2) is 11.4 Å². The Hall–Kier alpha value is -1.63. The Balaban J connectivity index is 2.17. The van der Waals surface area contributed by atoms with Crippen LogP contribution in [0.15, 0.2) is 41.1 Å². The van der Waals surface area contributed by atoms with Crippen molar-refractivity contribution >= 4 is 41.1 Å². The van der Waals surface area contributed by atoms with E-state index in [1.807, 2.05) is 8.96 Å². The maximum Gasteiger partial charge on any atom is 0.846 e. The zero-order valence-corrected chi connectivity index (χ0v) is 19.6. The van der Waals surface area contributed by atoms with Crippen molar-refractivity contribution in [2.24, 2.45) is 0 Å². The number of halogens is 2. The second-order valence-electron chi connectivity index (χ2n) is 7.71. The molecule has 28 heavy (non-hydrogen) atoms. The third-order valence-corrected chi connectivity index (χ3v) is 7.15. The van der Waals surface area contributed by atoms with Gasteiger partial charge < -0.3 is 0 Å². The van der Waals surface area contributed by atoms with Crippen molar-refractivity contribution in [1.82, 2.24) is 4.48 Å². The number of fused-ring (bicyclic) bond motifs is 2. The van der Waals surface area contributed by atoms with E-state index in [0.29, 0.717) is 0 Å². The molecule has 0 N–H and O–H groups in total. The van der Waals surface area contributed by atoms with Crippen LogP contribution in [-0.2, 0) is 6.42 Å². The van der Waals surface area contributed by atoms with Crippen molar-refractivity contribution in [3.8, 4) is 0 Å². The molecule has 3 heterocycles. The molecule has 2 aliphatic rings. The molecule has 0 fully saturated rings. The van der Waals surface area contributed by atoms with E-state index in [9.17, 15) is 0 Å². The topological polar surface area (TPSA) is 7.94 Å². The predicted octanol–water partition coefficient (Wildman–Crippen LogP) is 6.06. The Morgan fingerprint density at radius 2 is 1.68 bits per heavy atom. The number of aromatic nitrogens is 1. The van der Waals surface area contributed by atoms with Crippen LogP contribution in [0.1, 0.15) is 62.2 Å². The molecule has 0 aliphatic carbocycles. The minimum atomic E-state index is -1.20. The molecule has 1 aromatic carbocycles.